The Morgan fingerprint density at radius 2 is 1.88 bits per heavy atom. The van der Waals surface area contributed by atoms with Gasteiger partial charge < -0.3 is 19.9 Å². The number of carbonyl (C=O) groups is 2. The second-order valence-corrected chi connectivity index (χ2v) is 8.34. The van der Waals surface area contributed by atoms with E-state index in [4.69, 9.17) is 43.1 Å². The molecule has 0 bridgehead atoms. The number of nitrogens with two attached hydrogens (primary N) is 1. The zero-order chi connectivity index (χ0) is 22.8. The third-order valence-corrected chi connectivity index (χ3v) is 6.23. The van der Waals surface area contributed by atoms with Gasteiger partial charge in [0.05, 0.1) is 23.1 Å². The SMILES string of the molecule is COC(=O)C1=C(N)OC2=C(C(=O)CCC2)[C@@H]1c1ccc(OCc2ccc(Cl)c(Cl)c2)cc1. The Balaban J connectivity index is 1.61. The van der Waals surface area contributed by atoms with Crippen molar-refractivity contribution in [2.24, 2.45) is 5.73 Å². The highest BCUT2D eigenvalue weighted by atomic mass is 35.5. The van der Waals surface area contributed by atoms with Gasteiger partial charge in [-0.15, -0.1) is 0 Å². The van der Waals surface area contributed by atoms with E-state index in [9.17, 15) is 9.59 Å². The Labute approximate surface area is 195 Å². The molecule has 0 saturated carbocycles. The standard InChI is InChI=1S/C24H21Cl2NO5/c1-30-24(29)22-20(21-18(28)3-2-4-19(21)32-23(22)27)14-6-8-15(9-7-14)31-12-13-5-10-16(25)17(26)11-13/h5-11,20H,2-4,12,27H2,1H3/t20-/m0/s1. The fourth-order valence-corrected chi connectivity index (χ4v) is 4.27. The lowest BCUT2D eigenvalue weighted by molar-refractivity contribution is -0.136. The topological polar surface area (TPSA) is 87.9 Å². The summed E-state index contributed by atoms with van der Waals surface area (Å²) in [5, 5.41) is 0.944. The maximum absolute atomic E-state index is 12.8. The van der Waals surface area contributed by atoms with Crippen molar-refractivity contribution in [3.63, 3.8) is 0 Å². The van der Waals surface area contributed by atoms with Crippen molar-refractivity contribution in [1.82, 2.24) is 0 Å². The van der Waals surface area contributed by atoms with Gasteiger partial charge in [0.1, 0.15) is 23.7 Å². The van der Waals surface area contributed by atoms with Crippen molar-refractivity contribution in [2.45, 2.75) is 31.8 Å². The summed E-state index contributed by atoms with van der Waals surface area (Å²) < 4.78 is 16.4. The summed E-state index contributed by atoms with van der Waals surface area (Å²) in [7, 11) is 1.27. The van der Waals surface area contributed by atoms with Crippen molar-refractivity contribution < 1.29 is 23.8 Å². The normalized spacial score (nSPS) is 18.2. The van der Waals surface area contributed by atoms with Crippen LogP contribution < -0.4 is 10.5 Å². The van der Waals surface area contributed by atoms with Gasteiger partial charge >= 0.3 is 5.97 Å². The smallest absolute Gasteiger partial charge is 0.340 e. The number of hydrogen-bond donors (Lipinski definition) is 1. The molecule has 0 saturated heterocycles. The average Bonchev–Trinajstić information content (AvgIpc) is 2.79. The molecule has 32 heavy (non-hydrogen) atoms. The lowest BCUT2D eigenvalue weighted by Crippen LogP contribution is -2.31. The molecule has 0 unspecified atom stereocenters. The summed E-state index contributed by atoms with van der Waals surface area (Å²) in [6, 6.07) is 12.5. The molecule has 0 spiro atoms. The highest BCUT2D eigenvalue weighted by Gasteiger charge is 2.41. The lowest BCUT2D eigenvalue weighted by atomic mass is 9.77. The van der Waals surface area contributed by atoms with Crippen LogP contribution in [0.1, 0.15) is 36.3 Å². The highest BCUT2D eigenvalue weighted by molar-refractivity contribution is 6.42. The van der Waals surface area contributed by atoms with Crippen LogP contribution in [-0.2, 0) is 25.7 Å². The predicted octanol–water partition coefficient (Wildman–Crippen LogP) is 5.04. The van der Waals surface area contributed by atoms with Crippen molar-refractivity contribution in [3.8, 4) is 5.75 Å². The third-order valence-electron chi connectivity index (χ3n) is 5.49. The highest BCUT2D eigenvalue weighted by Crippen LogP contribution is 2.44. The average molecular weight is 474 g/mol. The number of esters is 1. The van der Waals surface area contributed by atoms with Gasteiger partial charge in [0.15, 0.2) is 5.78 Å². The minimum atomic E-state index is -0.650. The number of allylic oxidation sites excluding steroid dienone is 2. The van der Waals surface area contributed by atoms with E-state index in [1.54, 1.807) is 24.3 Å². The van der Waals surface area contributed by atoms with E-state index in [1.807, 2.05) is 18.2 Å². The van der Waals surface area contributed by atoms with Crippen LogP contribution in [0.4, 0.5) is 0 Å². The van der Waals surface area contributed by atoms with Gasteiger partial charge in [0.2, 0.25) is 5.88 Å². The predicted molar refractivity (Wildman–Crippen MR) is 120 cm³/mol. The van der Waals surface area contributed by atoms with Crippen LogP contribution in [0.15, 0.2) is 65.3 Å². The molecule has 2 N–H and O–H groups in total. The molecule has 1 aliphatic carbocycles. The molecule has 1 atom stereocenters. The summed E-state index contributed by atoms with van der Waals surface area (Å²) >= 11 is 12.0. The molecule has 8 heteroatoms. The second kappa shape index (κ2) is 9.27. The number of Topliss-reactive ketones (excluding diaryl/α,β-unsaturated/α-hetero) is 1. The molecular weight excluding hydrogens is 453 g/mol. The summed E-state index contributed by atoms with van der Waals surface area (Å²) in [5.41, 5.74) is 8.26. The number of rotatable bonds is 5. The summed E-state index contributed by atoms with van der Waals surface area (Å²) in [4.78, 5) is 25.3. The number of benzene rings is 2. The molecule has 0 radical (unpaired) electrons. The van der Waals surface area contributed by atoms with Crippen molar-refractivity contribution >= 4 is 35.0 Å². The number of hydrogen-bond acceptors (Lipinski definition) is 6. The van der Waals surface area contributed by atoms with E-state index < -0.39 is 11.9 Å². The van der Waals surface area contributed by atoms with E-state index in [0.29, 0.717) is 53.0 Å². The van der Waals surface area contributed by atoms with Crippen LogP contribution in [0, 0.1) is 0 Å². The molecule has 6 nitrogen and oxygen atoms in total. The minimum Gasteiger partial charge on any atom is -0.489 e. The third kappa shape index (κ3) is 4.33. The molecule has 4 rings (SSSR count). The number of methoxy groups -OCH3 is 1. The Bertz CT molecular complexity index is 1140. The second-order valence-electron chi connectivity index (χ2n) is 7.52. The monoisotopic (exact) mass is 473 g/mol. The summed E-state index contributed by atoms with van der Waals surface area (Å²) in [6.07, 6.45) is 1.68. The van der Waals surface area contributed by atoms with Crippen molar-refractivity contribution in [1.29, 1.82) is 0 Å². The Kier molecular flexibility index (Phi) is 6.44. The quantitative estimate of drug-likeness (QED) is 0.612. The zero-order valence-electron chi connectivity index (χ0n) is 17.3. The first-order chi connectivity index (χ1) is 15.4. The van der Waals surface area contributed by atoms with E-state index in [1.165, 1.54) is 7.11 Å². The molecule has 2 aliphatic rings. The molecule has 2 aromatic rings. The van der Waals surface area contributed by atoms with Gasteiger partial charge in [-0.05, 0) is 41.8 Å². The fraction of sp³-hybridized carbons (Fsp3) is 0.250. The fourth-order valence-electron chi connectivity index (χ4n) is 3.95. The van der Waals surface area contributed by atoms with Crippen molar-refractivity contribution in [2.75, 3.05) is 7.11 Å². The van der Waals surface area contributed by atoms with E-state index >= 15 is 0 Å². The molecule has 0 fully saturated rings. The lowest BCUT2D eigenvalue weighted by Gasteiger charge is -2.32. The van der Waals surface area contributed by atoms with Gasteiger partial charge in [-0.25, -0.2) is 4.79 Å². The number of ether oxygens (including phenoxy) is 3. The number of halogens is 2. The number of ketones is 1. The van der Waals surface area contributed by atoms with Gasteiger partial charge in [-0.2, -0.15) is 0 Å². The van der Waals surface area contributed by atoms with E-state index in [0.717, 1.165) is 11.1 Å². The van der Waals surface area contributed by atoms with Crippen LogP contribution in [0.25, 0.3) is 0 Å². The molecular formula is C24H21Cl2NO5. The van der Waals surface area contributed by atoms with Crippen LogP contribution in [0.5, 0.6) is 5.75 Å². The summed E-state index contributed by atoms with van der Waals surface area (Å²) in [6.45, 7) is 0.307. The van der Waals surface area contributed by atoms with Crippen LogP contribution in [-0.4, -0.2) is 18.9 Å². The Hall–Kier alpha value is -2.96. The summed E-state index contributed by atoms with van der Waals surface area (Å²) in [5.74, 6) is -0.218. The van der Waals surface area contributed by atoms with Crippen molar-refractivity contribution in [3.05, 3.63) is 86.4 Å². The van der Waals surface area contributed by atoms with Crippen LogP contribution in [0.2, 0.25) is 10.0 Å². The van der Waals surface area contributed by atoms with E-state index in [-0.39, 0.29) is 17.2 Å². The maximum Gasteiger partial charge on any atom is 0.340 e. The molecule has 1 aliphatic heterocycles. The van der Waals surface area contributed by atoms with E-state index in [2.05, 4.69) is 0 Å². The first-order valence-electron chi connectivity index (χ1n) is 10.1. The zero-order valence-corrected chi connectivity index (χ0v) is 18.8. The first-order valence-corrected chi connectivity index (χ1v) is 10.8. The molecule has 0 aromatic heterocycles. The Morgan fingerprint density at radius 1 is 1.12 bits per heavy atom. The molecule has 2 aromatic carbocycles. The van der Waals surface area contributed by atoms with Gasteiger partial charge in [-0.1, -0.05) is 41.4 Å². The number of carbonyl (C=O) groups excluding carboxylic acids is 2. The molecule has 1 heterocycles. The van der Waals surface area contributed by atoms with Gasteiger partial charge in [0, 0.05) is 18.4 Å². The first kappa shape index (κ1) is 22.2. The molecule has 166 valence electrons. The largest absolute Gasteiger partial charge is 0.489 e. The Morgan fingerprint density at radius 3 is 2.56 bits per heavy atom. The maximum atomic E-state index is 12.8. The van der Waals surface area contributed by atoms with Gasteiger partial charge in [-0.3, -0.25) is 4.79 Å². The molecule has 0 amide bonds. The van der Waals surface area contributed by atoms with Crippen LogP contribution in [0.3, 0.4) is 0 Å². The minimum absolute atomic E-state index is 0.0322. The van der Waals surface area contributed by atoms with Crippen LogP contribution >= 0.6 is 23.2 Å². The van der Waals surface area contributed by atoms with Gasteiger partial charge in [0.25, 0.3) is 0 Å².